The maximum absolute atomic E-state index is 9.90. The van der Waals surface area contributed by atoms with Crippen LogP contribution in [0.2, 0.25) is 0 Å². The highest BCUT2D eigenvalue weighted by atomic mass is 16.4. The van der Waals surface area contributed by atoms with E-state index in [0.717, 1.165) is 25.7 Å². The van der Waals surface area contributed by atoms with Gasteiger partial charge in [-0.1, -0.05) is 12.8 Å². The van der Waals surface area contributed by atoms with Gasteiger partial charge in [0.15, 0.2) is 0 Å². The summed E-state index contributed by atoms with van der Waals surface area (Å²) in [7, 11) is 0. The second-order valence-corrected chi connectivity index (χ2v) is 4.41. The largest absolute Gasteiger partial charge is 0.481 e. The summed E-state index contributed by atoms with van der Waals surface area (Å²) >= 11 is 0. The highest BCUT2D eigenvalue weighted by molar-refractivity contribution is 5.67. The van der Waals surface area contributed by atoms with Crippen LogP contribution in [0.15, 0.2) is 0 Å². The maximum Gasteiger partial charge on any atom is 0.303 e. The molecule has 1 fully saturated rings. The molecule has 0 saturated heterocycles. The molecule has 0 spiro atoms. The van der Waals surface area contributed by atoms with Crippen molar-refractivity contribution in [3.05, 3.63) is 0 Å². The number of hydrogen-bond acceptors (Lipinski definition) is 4. The summed E-state index contributed by atoms with van der Waals surface area (Å²) in [5.74, 6) is -1.74. The van der Waals surface area contributed by atoms with Crippen molar-refractivity contribution in [1.29, 1.82) is 0 Å². The van der Waals surface area contributed by atoms with Gasteiger partial charge in [0.1, 0.15) is 0 Å². The lowest BCUT2D eigenvalue weighted by atomic mass is 9.95. The van der Waals surface area contributed by atoms with Gasteiger partial charge in [-0.2, -0.15) is 0 Å². The number of carboxylic acids is 2. The van der Waals surface area contributed by atoms with Crippen LogP contribution in [0.1, 0.15) is 51.4 Å². The number of carbonyl (C=O) groups is 2. The van der Waals surface area contributed by atoms with Crippen molar-refractivity contribution in [1.82, 2.24) is 0 Å². The van der Waals surface area contributed by atoms with E-state index in [0.29, 0.717) is 12.8 Å². The Morgan fingerprint density at radius 3 is 1.39 bits per heavy atom. The van der Waals surface area contributed by atoms with Gasteiger partial charge in [-0.15, -0.1) is 0 Å². The van der Waals surface area contributed by atoms with E-state index in [2.05, 4.69) is 0 Å². The monoisotopic (exact) mass is 262 g/mol. The van der Waals surface area contributed by atoms with Gasteiger partial charge in [-0.25, -0.2) is 0 Å². The lowest BCUT2D eigenvalue weighted by Gasteiger charge is -2.22. The fourth-order valence-electron chi connectivity index (χ4n) is 1.64. The van der Waals surface area contributed by atoms with E-state index in [9.17, 15) is 9.59 Å². The molecule has 2 atom stereocenters. The Morgan fingerprint density at radius 1 is 0.833 bits per heavy atom. The van der Waals surface area contributed by atoms with Crippen molar-refractivity contribution in [2.24, 2.45) is 0 Å². The van der Waals surface area contributed by atoms with Crippen LogP contribution >= 0.6 is 0 Å². The molecule has 18 heavy (non-hydrogen) atoms. The molecule has 1 rings (SSSR count). The van der Waals surface area contributed by atoms with E-state index in [-0.39, 0.29) is 12.8 Å². The minimum absolute atomic E-state index is 0.0628. The first-order valence-corrected chi connectivity index (χ1v) is 6.23. The van der Waals surface area contributed by atoms with E-state index in [1.807, 2.05) is 0 Å². The summed E-state index contributed by atoms with van der Waals surface area (Å²) in [6.45, 7) is 0. The second-order valence-electron chi connectivity index (χ2n) is 4.41. The molecule has 2 unspecified atom stereocenters. The van der Waals surface area contributed by atoms with Gasteiger partial charge >= 0.3 is 11.9 Å². The van der Waals surface area contributed by atoms with Crippen LogP contribution in [0.3, 0.4) is 0 Å². The number of unbranched alkanes of at least 4 members (excludes halogenated alkanes) is 1. The summed E-state index contributed by atoms with van der Waals surface area (Å²) in [4.78, 5) is 19.8. The van der Waals surface area contributed by atoms with Crippen LogP contribution in [-0.2, 0) is 9.59 Å². The van der Waals surface area contributed by atoms with Crippen molar-refractivity contribution >= 4 is 11.9 Å². The lowest BCUT2D eigenvalue weighted by Crippen LogP contribution is -2.28. The first-order chi connectivity index (χ1) is 8.43. The number of carboxylic acid groups (broad SMARTS) is 2. The third-order valence-electron chi connectivity index (χ3n) is 2.73. The molecule has 106 valence electrons. The zero-order valence-corrected chi connectivity index (χ0v) is 10.4. The van der Waals surface area contributed by atoms with Gasteiger partial charge in [0.05, 0.1) is 12.2 Å². The number of hydrogen-bond donors (Lipinski definition) is 4. The van der Waals surface area contributed by atoms with Crippen molar-refractivity contribution in [2.45, 2.75) is 63.6 Å². The van der Waals surface area contributed by atoms with Gasteiger partial charge in [0, 0.05) is 12.8 Å². The van der Waals surface area contributed by atoms with E-state index >= 15 is 0 Å². The molecule has 6 heteroatoms. The number of rotatable bonds is 5. The van der Waals surface area contributed by atoms with Crippen molar-refractivity contribution < 1.29 is 30.0 Å². The maximum atomic E-state index is 9.90. The summed E-state index contributed by atoms with van der Waals surface area (Å²) in [6, 6.07) is 0. The molecule has 0 bridgehead atoms. The summed E-state index contributed by atoms with van der Waals surface area (Å²) in [6.07, 6.45) is 3.83. The summed E-state index contributed by atoms with van der Waals surface area (Å²) in [5, 5.41) is 34.1. The highest BCUT2D eigenvalue weighted by Crippen LogP contribution is 2.17. The Morgan fingerprint density at radius 2 is 1.17 bits per heavy atom. The van der Waals surface area contributed by atoms with Crippen LogP contribution in [0.5, 0.6) is 0 Å². The van der Waals surface area contributed by atoms with Crippen molar-refractivity contribution in [2.75, 3.05) is 0 Å². The van der Waals surface area contributed by atoms with E-state index in [1.165, 1.54) is 0 Å². The average Bonchev–Trinajstić information content (AvgIpc) is 2.29. The molecule has 0 amide bonds. The predicted octanol–water partition coefficient (Wildman–Crippen LogP) is 0.998. The molecule has 1 aliphatic carbocycles. The first kappa shape index (κ1) is 16.9. The zero-order valence-electron chi connectivity index (χ0n) is 10.4. The number of aliphatic hydroxyl groups is 2. The molecule has 4 N–H and O–H groups in total. The molecular weight excluding hydrogens is 240 g/mol. The Labute approximate surface area is 106 Å². The standard InChI is InChI=1S/C6H10O4.C6H12O2/c7-5(8)3-1-2-4-6(9)10;7-5-3-1-2-4-6(5)8/h1-4H2,(H,7,8)(H,9,10);5-8H,1-4H2. The molecule has 6 nitrogen and oxygen atoms in total. The molecule has 0 aliphatic heterocycles. The van der Waals surface area contributed by atoms with Gasteiger partial charge in [-0.05, 0) is 25.7 Å². The smallest absolute Gasteiger partial charge is 0.303 e. The van der Waals surface area contributed by atoms with Crippen LogP contribution in [0, 0.1) is 0 Å². The Balaban J connectivity index is 0.000000327. The van der Waals surface area contributed by atoms with Crippen molar-refractivity contribution in [3.8, 4) is 0 Å². The number of aliphatic carboxylic acids is 2. The predicted molar refractivity (Wildman–Crippen MR) is 64.2 cm³/mol. The normalized spacial score (nSPS) is 22.8. The second kappa shape index (κ2) is 9.85. The van der Waals surface area contributed by atoms with Gasteiger partial charge in [-0.3, -0.25) is 9.59 Å². The van der Waals surface area contributed by atoms with Gasteiger partial charge in [0.2, 0.25) is 0 Å². The Hall–Kier alpha value is -1.14. The summed E-state index contributed by atoms with van der Waals surface area (Å²) in [5.41, 5.74) is 0. The fourth-order valence-corrected chi connectivity index (χ4v) is 1.64. The minimum Gasteiger partial charge on any atom is -0.481 e. The molecule has 0 aromatic carbocycles. The first-order valence-electron chi connectivity index (χ1n) is 6.23. The van der Waals surface area contributed by atoms with E-state index < -0.39 is 24.1 Å². The molecule has 1 saturated carbocycles. The third-order valence-corrected chi connectivity index (χ3v) is 2.73. The molecule has 0 heterocycles. The fraction of sp³-hybridized carbons (Fsp3) is 0.833. The Kier molecular flexibility index (Phi) is 9.22. The summed E-state index contributed by atoms with van der Waals surface area (Å²) < 4.78 is 0. The molecule has 1 aliphatic rings. The molecular formula is C12H22O6. The van der Waals surface area contributed by atoms with E-state index in [1.54, 1.807) is 0 Å². The SMILES string of the molecule is O=C(O)CCCCC(=O)O.OC1CCCCC1O. The molecule has 0 radical (unpaired) electrons. The number of aliphatic hydroxyl groups excluding tert-OH is 2. The molecule has 0 aromatic rings. The zero-order chi connectivity index (χ0) is 14.0. The van der Waals surface area contributed by atoms with Crippen LogP contribution in [0.4, 0.5) is 0 Å². The van der Waals surface area contributed by atoms with Crippen LogP contribution < -0.4 is 0 Å². The minimum atomic E-state index is -0.870. The van der Waals surface area contributed by atoms with E-state index in [4.69, 9.17) is 20.4 Å². The van der Waals surface area contributed by atoms with Gasteiger partial charge < -0.3 is 20.4 Å². The quantitative estimate of drug-likeness (QED) is 0.549. The average molecular weight is 262 g/mol. The third kappa shape index (κ3) is 10.0. The van der Waals surface area contributed by atoms with Crippen LogP contribution in [0.25, 0.3) is 0 Å². The van der Waals surface area contributed by atoms with Gasteiger partial charge in [0.25, 0.3) is 0 Å². The highest BCUT2D eigenvalue weighted by Gasteiger charge is 2.19. The topological polar surface area (TPSA) is 115 Å². The molecule has 0 aromatic heterocycles. The van der Waals surface area contributed by atoms with Crippen LogP contribution in [-0.4, -0.2) is 44.6 Å². The Bertz CT molecular complexity index is 227. The lowest BCUT2D eigenvalue weighted by molar-refractivity contribution is -0.139. The van der Waals surface area contributed by atoms with Crippen molar-refractivity contribution in [3.63, 3.8) is 0 Å².